The number of piperidine rings is 1. The number of hydrogen-bond donors (Lipinski definition) is 0. The van der Waals surface area contributed by atoms with Crippen molar-refractivity contribution in [2.75, 3.05) is 19.7 Å². The van der Waals surface area contributed by atoms with Crippen molar-refractivity contribution in [3.63, 3.8) is 0 Å². The van der Waals surface area contributed by atoms with Crippen molar-refractivity contribution < 1.29 is 14.3 Å². The molecule has 20 heavy (non-hydrogen) atoms. The second-order valence-corrected chi connectivity index (χ2v) is 5.08. The number of para-hydroxylation sites is 1. The Morgan fingerprint density at radius 3 is 2.45 bits per heavy atom. The van der Waals surface area contributed by atoms with Crippen molar-refractivity contribution in [1.82, 2.24) is 4.90 Å². The molecule has 0 saturated carbocycles. The lowest BCUT2D eigenvalue weighted by Gasteiger charge is -2.31. The van der Waals surface area contributed by atoms with E-state index in [4.69, 9.17) is 4.74 Å². The van der Waals surface area contributed by atoms with Crippen LogP contribution in [0.4, 0.5) is 0 Å². The first kappa shape index (κ1) is 14.6. The minimum Gasteiger partial charge on any atom is -0.484 e. The maximum atomic E-state index is 12.0. The molecule has 1 amide bonds. The molecule has 0 spiro atoms. The van der Waals surface area contributed by atoms with E-state index in [-0.39, 0.29) is 18.4 Å². The Hall–Kier alpha value is -1.84. The van der Waals surface area contributed by atoms with Gasteiger partial charge >= 0.3 is 0 Å². The normalized spacial score (nSPS) is 15.9. The minimum atomic E-state index is -0.00347. The highest BCUT2D eigenvalue weighted by Gasteiger charge is 2.26. The number of carbonyl (C=O) groups excluding carboxylic acids is 2. The lowest BCUT2D eigenvalue weighted by atomic mass is 9.91. The SMILES string of the molecule is CCC(=O)C1CCN(C(=O)COc2ccccc2)CC1. The molecule has 0 aromatic heterocycles. The smallest absolute Gasteiger partial charge is 0.260 e. The summed E-state index contributed by atoms with van der Waals surface area (Å²) < 4.78 is 5.46. The quantitative estimate of drug-likeness (QED) is 0.828. The summed E-state index contributed by atoms with van der Waals surface area (Å²) in [5, 5.41) is 0. The van der Waals surface area contributed by atoms with Gasteiger partial charge in [0.2, 0.25) is 0 Å². The standard InChI is InChI=1S/C16H21NO3/c1-2-15(18)13-8-10-17(11-9-13)16(19)12-20-14-6-4-3-5-7-14/h3-7,13H,2,8-12H2,1H3. The lowest BCUT2D eigenvalue weighted by Crippen LogP contribution is -2.42. The molecule has 1 aliphatic rings. The number of amides is 1. The number of rotatable bonds is 5. The van der Waals surface area contributed by atoms with E-state index in [1.165, 1.54) is 0 Å². The molecule has 0 aliphatic carbocycles. The first-order valence-corrected chi connectivity index (χ1v) is 7.19. The van der Waals surface area contributed by atoms with Crippen LogP contribution >= 0.6 is 0 Å². The van der Waals surface area contributed by atoms with Crippen molar-refractivity contribution >= 4 is 11.7 Å². The van der Waals surface area contributed by atoms with Gasteiger partial charge in [-0.2, -0.15) is 0 Å². The molecule has 2 rings (SSSR count). The summed E-state index contributed by atoms with van der Waals surface area (Å²) in [5.74, 6) is 1.16. The minimum absolute atomic E-state index is 0.00347. The van der Waals surface area contributed by atoms with Crippen LogP contribution < -0.4 is 4.74 Å². The van der Waals surface area contributed by atoms with Crippen LogP contribution in [-0.2, 0) is 9.59 Å². The summed E-state index contributed by atoms with van der Waals surface area (Å²) in [6.07, 6.45) is 2.16. The van der Waals surface area contributed by atoms with Crippen LogP contribution in [0.5, 0.6) is 5.75 Å². The molecular weight excluding hydrogens is 254 g/mol. The number of likely N-dealkylation sites (tertiary alicyclic amines) is 1. The van der Waals surface area contributed by atoms with Crippen molar-refractivity contribution in [2.24, 2.45) is 5.92 Å². The van der Waals surface area contributed by atoms with Crippen LogP contribution in [0.2, 0.25) is 0 Å². The largest absolute Gasteiger partial charge is 0.484 e. The number of nitrogens with zero attached hydrogens (tertiary/aromatic N) is 1. The fraction of sp³-hybridized carbons (Fsp3) is 0.500. The summed E-state index contributed by atoms with van der Waals surface area (Å²) >= 11 is 0. The Morgan fingerprint density at radius 2 is 1.85 bits per heavy atom. The predicted molar refractivity (Wildman–Crippen MR) is 76.5 cm³/mol. The summed E-state index contributed by atoms with van der Waals surface area (Å²) in [6.45, 7) is 3.28. The third-order valence-corrected chi connectivity index (χ3v) is 3.76. The summed E-state index contributed by atoms with van der Waals surface area (Å²) in [6, 6.07) is 9.33. The second kappa shape index (κ2) is 7.08. The Morgan fingerprint density at radius 1 is 1.20 bits per heavy atom. The molecule has 0 unspecified atom stereocenters. The number of ether oxygens (including phenoxy) is 1. The lowest BCUT2D eigenvalue weighted by molar-refractivity contribution is -0.136. The van der Waals surface area contributed by atoms with Crippen LogP contribution in [-0.4, -0.2) is 36.3 Å². The van der Waals surface area contributed by atoms with Gasteiger partial charge in [0, 0.05) is 25.4 Å². The Bertz CT molecular complexity index is 450. The van der Waals surface area contributed by atoms with Crippen LogP contribution in [0, 0.1) is 5.92 Å². The van der Waals surface area contributed by atoms with Gasteiger partial charge in [0.25, 0.3) is 5.91 Å². The van der Waals surface area contributed by atoms with E-state index in [0.717, 1.165) is 12.8 Å². The number of benzene rings is 1. The number of hydrogen-bond acceptors (Lipinski definition) is 3. The third kappa shape index (κ3) is 3.83. The van der Waals surface area contributed by atoms with E-state index in [1.54, 1.807) is 4.90 Å². The monoisotopic (exact) mass is 275 g/mol. The molecule has 0 atom stereocenters. The fourth-order valence-corrected chi connectivity index (χ4v) is 2.49. The molecule has 108 valence electrons. The zero-order chi connectivity index (χ0) is 14.4. The predicted octanol–water partition coefficient (Wildman–Crippen LogP) is 2.28. The number of Topliss-reactive ketones (excluding diaryl/α,β-unsaturated/α-hetero) is 1. The van der Waals surface area contributed by atoms with Crippen LogP contribution in [0.3, 0.4) is 0 Å². The van der Waals surface area contributed by atoms with Gasteiger partial charge in [-0.3, -0.25) is 9.59 Å². The van der Waals surface area contributed by atoms with Gasteiger partial charge in [-0.15, -0.1) is 0 Å². The Labute approximate surface area is 119 Å². The number of carbonyl (C=O) groups is 2. The first-order chi connectivity index (χ1) is 9.70. The average Bonchev–Trinajstić information content (AvgIpc) is 2.53. The maximum Gasteiger partial charge on any atom is 0.260 e. The van der Waals surface area contributed by atoms with E-state index >= 15 is 0 Å². The van der Waals surface area contributed by atoms with Gasteiger partial charge in [-0.1, -0.05) is 25.1 Å². The van der Waals surface area contributed by atoms with E-state index in [2.05, 4.69) is 0 Å². The maximum absolute atomic E-state index is 12.0. The topological polar surface area (TPSA) is 46.6 Å². The van der Waals surface area contributed by atoms with Crippen molar-refractivity contribution in [2.45, 2.75) is 26.2 Å². The van der Waals surface area contributed by atoms with Crippen molar-refractivity contribution in [1.29, 1.82) is 0 Å². The number of ketones is 1. The molecule has 1 saturated heterocycles. The summed E-state index contributed by atoms with van der Waals surface area (Å²) in [7, 11) is 0. The highest BCUT2D eigenvalue weighted by atomic mass is 16.5. The molecule has 1 aromatic rings. The Kier molecular flexibility index (Phi) is 5.16. The molecule has 4 heteroatoms. The van der Waals surface area contributed by atoms with E-state index in [1.807, 2.05) is 37.3 Å². The molecule has 0 radical (unpaired) electrons. The summed E-state index contributed by atoms with van der Waals surface area (Å²) in [4.78, 5) is 25.5. The van der Waals surface area contributed by atoms with Gasteiger partial charge in [0.05, 0.1) is 0 Å². The van der Waals surface area contributed by atoms with E-state index in [0.29, 0.717) is 31.0 Å². The van der Waals surface area contributed by atoms with Crippen molar-refractivity contribution in [3.8, 4) is 5.75 Å². The summed E-state index contributed by atoms with van der Waals surface area (Å²) in [5.41, 5.74) is 0. The molecule has 1 fully saturated rings. The highest BCUT2D eigenvalue weighted by molar-refractivity contribution is 5.82. The zero-order valence-electron chi connectivity index (χ0n) is 11.9. The Balaban J connectivity index is 1.76. The van der Waals surface area contributed by atoms with Gasteiger partial charge in [-0.05, 0) is 25.0 Å². The zero-order valence-corrected chi connectivity index (χ0v) is 11.9. The third-order valence-electron chi connectivity index (χ3n) is 3.76. The van der Waals surface area contributed by atoms with Crippen LogP contribution in [0.1, 0.15) is 26.2 Å². The molecular formula is C16H21NO3. The molecule has 0 N–H and O–H groups in total. The van der Waals surface area contributed by atoms with Gasteiger partial charge < -0.3 is 9.64 Å². The van der Waals surface area contributed by atoms with Gasteiger partial charge in [0.1, 0.15) is 11.5 Å². The van der Waals surface area contributed by atoms with E-state index < -0.39 is 0 Å². The molecule has 1 aromatic carbocycles. The van der Waals surface area contributed by atoms with Crippen LogP contribution in [0.15, 0.2) is 30.3 Å². The molecule has 0 bridgehead atoms. The average molecular weight is 275 g/mol. The molecule has 1 aliphatic heterocycles. The van der Waals surface area contributed by atoms with Gasteiger partial charge in [0.15, 0.2) is 6.61 Å². The van der Waals surface area contributed by atoms with Crippen LogP contribution in [0.25, 0.3) is 0 Å². The first-order valence-electron chi connectivity index (χ1n) is 7.19. The second-order valence-electron chi connectivity index (χ2n) is 5.08. The van der Waals surface area contributed by atoms with Gasteiger partial charge in [-0.25, -0.2) is 0 Å². The van der Waals surface area contributed by atoms with E-state index in [9.17, 15) is 9.59 Å². The molecule has 4 nitrogen and oxygen atoms in total. The highest BCUT2D eigenvalue weighted by Crippen LogP contribution is 2.19. The fourth-order valence-electron chi connectivity index (χ4n) is 2.49. The van der Waals surface area contributed by atoms with Crippen molar-refractivity contribution in [3.05, 3.63) is 30.3 Å². The molecule has 1 heterocycles.